The number of carbonyl (C=O) groups is 1. The smallest absolute Gasteiger partial charge is 0.268 e. The molecule has 29 heavy (non-hydrogen) atoms. The number of rotatable bonds is 6. The summed E-state index contributed by atoms with van der Waals surface area (Å²) in [5.41, 5.74) is 2.58. The average molecular weight is 404 g/mol. The third-order valence-corrected chi connectivity index (χ3v) is 5.47. The summed E-state index contributed by atoms with van der Waals surface area (Å²) in [4.78, 5) is 17.9. The lowest BCUT2D eigenvalue weighted by Crippen LogP contribution is -2.12. The topological polar surface area (TPSA) is 69.0 Å². The second-order valence-corrected chi connectivity index (χ2v) is 7.33. The highest BCUT2D eigenvalue weighted by molar-refractivity contribution is 7.17. The second kappa shape index (κ2) is 8.28. The van der Waals surface area contributed by atoms with Gasteiger partial charge in [-0.2, -0.15) is 5.10 Å². The predicted octanol–water partition coefficient (Wildman–Crippen LogP) is 4.96. The lowest BCUT2D eigenvalue weighted by atomic mass is 10.2. The van der Waals surface area contributed by atoms with Crippen LogP contribution in [0.5, 0.6) is 5.75 Å². The molecule has 2 aromatic heterocycles. The Morgan fingerprint density at radius 1 is 1.10 bits per heavy atom. The molecule has 0 unspecified atom stereocenters. The molecule has 146 valence electrons. The van der Waals surface area contributed by atoms with Crippen molar-refractivity contribution in [1.29, 1.82) is 0 Å². The summed E-state index contributed by atoms with van der Waals surface area (Å²) < 4.78 is 7.20. The largest absolute Gasteiger partial charge is 0.494 e. The van der Waals surface area contributed by atoms with Gasteiger partial charge in [-0.05, 0) is 50.2 Å². The number of thiazole rings is 1. The first-order valence-corrected chi connectivity index (χ1v) is 10.1. The Labute approximate surface area is 172 Å². The number of nitrogens with one attached hydrogen (secondary N) is 1. The number of benzene rings is 2. The Bertz CT molecular complexity index is 1120. The molecular formula is C22H20N4O2S. The average Bonchev–Trinajstić information content (AvgIpc) is 3.36. The van der Waals surface area contributed by atoms with Gasteiger partial charge >= 0.3 is 0 Å². The minimum absolute atomic E-state index is 0.213. The van der Waals surface area contributed by atoms with Crippen LogP contribution in [0, 0.1) is 6.92 Å². The molecule has 1 N–H and O–H groups in total. The van der Waals surface area contributed by atoms with E-state index in [2.05, 4.69) is 15.4 Å². The molecular weight excluding hydrogens is 384 g/mol. The molecule has 2 heterocycles. The molecule has 4 aromatic rings. The van der Waals surface area contributed by atoms with E-state index in [0.717, 1.165) is 22.0 Å². The molecule has 0 spiro atoms. The molecule has 1 amide bonds. The summed E-state index contributed by atoms with van der Waals surface area (Å²) >= 11 is 1.36. The molecule has 0 aliphatic heterocycles. The van der Waals surface area contributed by atoms with E-state index in [1.807, 2.05) is 74.6 Å². The second-order valence-electron chi connectivity index (χ2n) is 6.33. The van der Waals surface area contributed by atoms with Crippen molar-refractivity contribution in [3.63, 3.8) is 0 Å². The van der Waals surface area contributed by atoms with E-state index in [4.69, 9.17) is 4.74 Å². The summed E-state index contributed by atoms with van der Waals surface area (Å²) in [5.74, 6) is 1.10. The number of anilines is 1. The van der Waals surface area contributed by atoms with Crippen molar-refractivity contribution in [2.24, 2.45) is 0 Å². The lowest BCUT2D eigenvalue weighted by molar-refractivity contribution is 0.102. The van der Waals surface area contributed by atoms with Gasteiger partial charge in [0.15, 0.2) is 5.82 Å². The van der Waals surface area contributed by atoms with Gasteiger partial charge in [0, 0.05) is 17.8 Å². The van der Waals surface area contributed by atoms with Crippen molar-refractivity contribution >= 4 is 23.1 Å². The molecule has 2 aromatic carbocycles. The molecule has 0 saturated heterocycles. The number of amides is 1. The molecule has 0 radical (unpaired) electrons. The number of para-hydroxylation sites is 1. The third kappa shape index (κ3) is 4.20. The van der Waals surface area contributed by atoms with Crippen molar-refractivity contribution in [2.75, 3.05) is 11.9 Å². The first-order valence-electron chi connectivity index (χ1n) is 9.27. The van der Waals surface area contributed by atoms with Gasteiger partial charge in [0.2, 0.25) is 0 Å². The number of aryl methyl sites for hydroxylation is 1. The van der Waals surface area contributed by atoms with E-state index < -0.39 is 0 Å². The number of hydrogen-bond acceptors (Lipinski definition) is 5. The maximum Gasteiger partial charge on any atom is 0.268 e. The van der Waals surface area contributed by atoms with Crippen molar-refractivity contribution in [2.45, 2.75) is 13.8 Å². The Morgan fingerprint density at radius 3 is 2.59 bits per heavy atom. The van der Waals surface area contributed by atoms with Crippen LogP contribution in [0.1, 0.15) is 22.3 Å². The first-order chi connectivity index (χ1) is 14.1. The van der Waals surface area contributed by atoms with Crippen LogP contribution in [0.4, 0.5) is 5.82 Å². The summed E-state index contributed by atoms with van der Waals surface area (Å²) in [6, 6.07) is 19.2. The minimum atomic E-state index is -0.213. The van der Waals surface area contributed by atoms with E-state index in [0.29, 0.717) is 23.0 Å². The molecule has 7 heteroatoms. The summed E-state index contributed by atoms with van der Waals surface area (Å²) in [7, 11) is 0. The Kier molecular flexibility index (Phi) is 5.39. The summed E-state index contributed by atoms with van der Waals surface area (Å²) in [5, 5.41) is 8.08. The van der Waals surface area contributed by atoms with Crippen LogP contribution in [0.15, 0.2) is 66.9 Å². The van der Waals surface area contributed by atoms with Crippen LogP contribution in [0.25, 0.3) is 16.3 Å². The van der Waals surface area contributed by atoms with Gasteiger partial charge < -0.3 is 10.1 Å². The van der Waals surface area contributed by atoms with Crippen LogP contribution in [-0.2, 0) is 0 Å². The number of aromatic nitrogens is 3. The quantitative estimate of drug-likeness (QED) is 0.493. The van der Waals surface area contributed by atoms with Gasteiger partial charge in [-0.3, -0.25) is 4.79 Å². The molecule has 0 saturated carbocycles. The Morgan fingerprint density at radius 2 is 1.86 bits per heavy atom. The van der Waals surface area contributed by atoms with Gasteiger partial charge in [-0.25, -0.2) is 9.67 Å². The van der Waals surface area contributed by atoms with E-state index in [1.165, 1.54) is 11.3 Å². The zero-order valence-corrected chi connectivity index (χ0v) is 16.9. The maximum atomic E-state index is 12.8. The van der Waals surface area contributed by atoms with E-state index >= 15 is 0 Å². The molecule has 0 aliphatic rings. The fourth-order valence-electron chi connectivity index (χ4n) is 2.88. The third-order valence-electron chi connectivity index (χ3n) is 4.27. The molecule has 0 bridgehead atoms. The highest BCUT2D eigenvalue weighted by Crippen LogP contribution is 2.29. The van der Waals surface area contributed by atoms with Gasteiger partial charge in [0.1, 0.15) is 15.6 Å². The summed E-state index contributed by atoms with van der Waals surface area (Å²) in [6.45, 7) is 4.41. The fraction of sp³-hybridized carbons (Fsp3) is 0.136. The van der Waals surface area contributed by atoms with Crippen molar-refractivity contribution in [3.8, 4) is 22.0 Å². The van der Waals surface area contributed by atoms with Crippen LogP contribution in [0.2, 0.25) is 0 Å². The molecule has 4 rings (SSSR count). The van der Waals surface area contributed by atoms with E-state index in [-0.39, 0.29) is 5.91 Å². The molecule has 6 nitrogen and oxygen atoms in total. The van der Waals surface area contributed by atoms with Crippen LogP contribution < -0.4 is 10.1 Å². The van der Waals surface area contributed by atoms with Crippen LogP contribution >= 0.6 is 11.3 Å². The van der Waals surface area contributed by atoms with Crippen LogP contribution in [-0.4, -0.2) is 27.3 Å². The normalized spacial score (nSPS) is 10.7. The Balaban J connectivity index is 1.50. The minimum Gasteiger partial charge on any atom is -0.494 e. The van der Waals surface area contributed by atoms with Gasteiger partial charge in [-0.1, -0.05) is 18.2 Å². The monoisotopic (exact) mass is 404 g/mol. The number of ether oxygens (including phenoxy) is 1. The highest BCUT2D eigenvalue weighted by atomic mass is 32.1. The first kappa shape index (κ1) is 18.9. The maximum absolute atomic E-state index is 12.8. The lowest BCUT2D eigenvalue weighted by Gasteiger charge is -2.03. The van der Waals surface area contributed by atoms with Crippen molar-refractivity contribution < 1.29 is 9.53 Å². The SMILES string of the molecule is CCOc1ccc(-c2nc(C)c(C(=O)Nc3ccn(-c4ccccc4)n3)s2)cc1. The molecule has 0 aliphatic carbocycles. The predicted molar refractivity (Wildman–Crippen MR) is 115 cm³/mol. The zero-order chi connectivity index (χ0) is 20.2. The number of hydrogen-bond donors (Lipinski definition) is 1. The fourth-order valence-corrected chi connectivity index (χ4v) is 3.85. The molecule has 0 fully saturated rings. The summed E-state index contributed by atoms with van der Waals surface area (Å²) in [6.07, 6.45) is 1.82. The Hall–Kier alpha value is -3.45. The molecule has 0 atom stereocenters. The van der Waals surface area contributed by atoms with Crippen molar-refractivity contribution in [1.82, 2.24) is 14.8 Å². The van der Waals surface area contributed by atoms with E-state index in [1.54, 1.807) is 10.7 Å². The number of carbonyl (C=O) groups excluding carboxylic acids is 1. The van der Waals surface area contributed by atoms with E-state index in [9.17, 15) is 4.79 Å². The van der Waals surface area contributed by atoms with Gasteiger partial charge in [-0.15, -0.1) is 11.3 Å². The standard InChI is InChI=1S/C22H20N4O2S/c1-3-28-18-11-9-16(10-12-18)22-23-15(2)20(29-22)21(27)24-19-13-14-26(25-19)17-7-5-4-6-8-17/h4-14H,3H2,1-2H3,(H,24,25,27). The van der Waals surface area contributed by atoms with Crippen LogP contribution in [0.3, 0.4) is 0 Å². The zero-order valence-electron chi connectivity index (χ0n) is 16.1. The van der Waals surface area contributed by atoms with Gasteiger partial charge in [0.25, 0.3) is 5.91 Å². The number of nitrogens with zero attached hydrogens (tertiary/aromatic N) is 3. The van der Waals surface area contributed by atoms with Crippen molar-refractivity contribution in [3.05, 3.63) is 77.4 Å². The highest BCUT2D eigenvalue weighted by Gasteiger charge is 2.17. The van der Waals surface area contributed by atoms with Gasteiger partial charge in [0.05, 0.1) is 18.0 Å².